The molecule has 0 atom stereocenters. The highest BCUT2D eigenvalue weighted by Crippen LogP contribution is 2.18. The lowest BCUT2D eigenvalue weighted by Crippen LogP contribution is -2.44. The summed E-state index contributed by atoms with van der Waals surface area (Å²) in [6.45, 7) is 4.42. The molecular weight excluding hydrogens is 364 g/mol. The molecular formula is C19H21ClN6O. The van der Waals surface area contributed by atoms with Gasteiger partial charge in [0.15, 0.2) is 10.8 Å². The number of amides is 1. The molecule has 1 fully saturated rings. The molecule has 0 bridgehead atoms. The van der Waals surface area contributed by atoms with Gasteiger partial charge in [0, 0.05) is 45.1 Å². The molecule has 3 aromatic heterocycles. The fourth-order valence-corrected chi connectivity index (χ4v) is 3.44. The van der Waals surface area contributed by atoms with E-state index in [0.717, 1.165) is 37.6 Å². The monoisotopic (exact) mass is 384 g/mol. The van der Waals surface area contributed by atoms with Crippen molar-refractivity contribution < 1.29 is 4.79 Å². The molecule has 1 aliphatic rings. The Bertz CT molecular complexity index is 946. The van der Waals surface area contributed by atoms with Crippen LogP contribution in [0.2, 0.25) is 5.15 Å². The predicted octanol–water partition coefficient (Wildman–Crippen LogP) is 2.06. The van der Waals surface area contributed by atoms with Crippen molar-refractivity contribution in [3.05, 3.63) is 59.1 Å². The van der Waals surface area contributed by atoms with Gasteiger partial charge in [-0.2, -0.15) is 0 Å². The molecule has 27 heavy (non-hydrogen) atoms. The SMILES string of the molecule is CN1CCN(c2ccc(CNC(=O)c3c(Cl)nc4ccccn34)cn2)CC1. The zero-order chi connectivity index (χ0) is 18.8. The number of halogens is 1. The highest BCUT2D eigenvalue weighted by molar-refractivity contribution is 6.32. The van der Waals surface area contributed by atoms with Crippen LogP contribution in [0.1, 0.15) is 16.1 Å². The largest absolute Gasteiger partial charge is 0.354 e. The minimum atomic E-state index is -0.262. The predicted molar refractivity (Wildman–Crippen MR) is 105 cm³/mol. The number of imidazole rings is 1. The number of nitrogens with zero attached hydrogens (tertiary/aromatic N) is 5. The molecule has 0 unspecified atom stereocenters. The topological polar surface area (TPSA) is 65.8 Å². The Morgan fingerprint density at radius 2 is 2.00 bits per heavy atom. The Balaban J connectivity index is 1.41. The van der Waals surface area contributed by atoms with E-state index in [1.54, 1.807) is 10.6 Å². The highest BCUT2D eigenvalue weighted by Gasteiger charge is 2.18. The standard InChI is InChI=1S/C19H21ClN6O/c1-24-8-10-25(11-9-24)15-6-5-14(12-21-15)13-22-19(27)17-18(20)23-16-4-2-3-7-26(16)17/h2-7,12H,8-11,13H2,1H3,(H,22,27). The molecule has 0 aliphatic carbocycles. The van der Waals surface area contributed by atoms with E-state index in [2.05, 4.69) is 32.1 Å². The molecule has 0 saturated carbocycles. The summed E-state index contributed by atoms with van der Waals surface area (Å²) in [5.41, 5.74) is 1.92. The second-order valence-corrected chi connectivity index (χ2v) is 7.04. The van der Waals surface area contributed by atoms with E-state index in [0.29, 0.717) is 17.9 Å². The Morgan fingerprint density at radius 3 is 2.74 bits per heavy atom. The Morgan fingerprint density at radius 1 is 1.19 bits per heavy atom. The number of anilines is 1. The van der Waals surface area contributed by atoms with Gasteiger partial charge in [0.2, 0.25) is 0 Å². The Kier molecular flexibility index (Phi) is 4.96. The van der Waals surface area contributed by atoms with Crippen LogP contribution in [0.4, 0.5) is 5.82 Å². The summed E-state index contributed by atoms with van der Waals surface area (Å²) in [7, 11) is 2.13. The molecule has 1 aliphatic heterocycles. The summed E-state index contributed by atoms with van der Waals surface area (Å²) in [5, 5.41) is 3.09. The number of carbonyl (C=O) groups is 1. The number of piperazine rings is 1. The summed E-state index contributed by atoms with van der Waals surface area (Å²) >= 11 is 6.15. The molecule has 4 rings (SSSR count). The van der Waals surface area contributed by atoms with Crippen LogP contribution in [0.3, 0.4) is 0 Å². The van der Waals surface area contributed by atoms with Crippen LogP contribution in [0.15, 0.2) is 42.7 Å². The number of hydrogen-bond donors (Lipinski definition) is 1. The smallest absolute Gasteiger partial charge is 0.271 e. The van der Waals surface area contributed by atoms with Crippen molar-refractivity contribution in [1.82, 2.24) is 24.6 Å². The van der Waals surface area contributed by atoms with Crippen LogP contribution in [0, 0.1) is 0 Å². The molecule has 4 heterocycles. The summed E-state index contributed by atoms with van der Waals surface area (Å²) in [5.74, 6) is 0.713. The molecule has 140 valence electrons. The van der Waals surface area contributed by atoms with Crippen LogP contribution in [-0.2, 0) is 6.54 Å². The van der Waals surface area contributed by atoms with Gasteiger partial charge in [-0.1, -0.05) is 23.7 Å². The van der Waals surface area contributed by atoms with Crippen molar-refractivity contribution in [2.75, 3.05) is 38.1 Å². The van der Waals surface area contributed by atoms with E-state index < -0.39 is 0 Å². The number of rotatable bonds is 4. The number of nitrogens with one attached hydrogen (secondary N) is 1. The molecule has 7 nitrogen and oxygen atoms in total. The number of aromatic nitrogens is 3. The van der Waals surface area contributed by atoms with Crippen molar-refractivity contribution in [2.45, 2.75) is 6.54 Å². The van der Waals surface area contributed by atoms with Crippen molar-refractivity contribution in [2.24, 2.45) is 0 Å². The van der Waals surface area contributed by atoms with E-state index in [4.69, 9.17) is 11.6 Å². The number of carbonyl (C=O) groups excluding carboxylic acids is 1. The molecule has 1 saturated heterocycles. The lowest BCUT2D eigenvalue weighted by atomic mass is 10.2. The van der Waals surface area contributed by atoms with Gasteiger partial charge < -0.3 is 15.1 Å². The first-order chi connectivity index (χ1) is 13.1. The van der Waals surface area contributed by atoms with Gasteiger partial charge in [-0.3, -0.25) is 9.20 Å². The first-order valence-corrected chi connectivity index (χ1v) is 9.29. The number of pyridine rings is 2. The molecule has 0 spiro atoms. The van der Waals surface area contributed by atoms with E-state index in [9.17, 15) is 4.79 Å². The minimum Gasteiger partial charge on any atom is -0.354 e. The molecule has 0 aromatic carbocycles. The average Bonchev–Trinajstić information content (AvgIpc) is 3.03. The first-order valence-electron chi connectivity index (χ1n) is 8.91. The Labute approximate surface area is 162 Å². The third kappa shape index (κ3) is 3.74. The van der Waals surface area contributed by atoms with Crippen LogP contribution >= 0.6 is 11.6 Å². The summed E-state index contributed by atoms with van der Waals surface area (Å²) < 4.78 is 1.69. The fraction of sp³-hybridized carbons (Fsp3) is 0.316. The lowest BCUT2D eigenvalue weighted by Gasteiger charge is -2.33. The maximum Gasteiger partial charge on any atom is 0.271 e. The summed E-state index contributed by atoms with van der Waals surface area (Å²) in [6, 6.07) is 9.51. The van der Waals surface area contributed by atoms with Crippen LogP contribution in [0.5, 0.6) is 0 Å². The average molecular weight is 385 g/mol. The third-order valence-corrected chi connectivity index (χ3v) is 5.06. The van der Waals surface area contributed by atoms with E-state index in [-0.39, 0.29) is 11.1 Å². The minimum absolute atomic E-state index is 0.197. The van der Waals surface area contributed by atoms with Gasteiger partial charge in [-0.15, -0.1) is 0 Å². The number of fused-ring (bicyclic) bond motifs is 1. The molecule has 8 heteroatoms. The number of likely N-dealkylation sites (N-methyl/N-ethyl adjacent to an activating group) is 1. The van der Waals surface area contributed by atoms with Crippen molar-refractivity contribution in [3.8, 4) is 0 Å². The van der Waals surface area contributed by atoms with Crippen LogP contribution < -0.4 is 10.2 Å². The zero-order valence-corrected chi connectivity index (χ0v) is 15.9. The van der Waals surface area contributed by atoms with Crippen molar-refractivity contribution >= 4 is 29.0 Å². The maximum absolute atomic E-state index is 12.6. The summed E-state index contributed by atoms with van der Waals surface area (Å²) in [6.07, 6.45) is 3.58. The first kappa shape index (κ1) is 17.8. The van der Waals surface area contributed by atoms with Gasteiger partial charge in [0.05, 0.1) is 0 Å². The van der Waals surface area contributed by atoms with Gasteiger partial charge >= 0.3 is 0 Å². The van der Waals surface area contributed by atoms with Gasteiger partial charge in [0.1, 0.15) is 11.5 Å². The van der Waals surface area contributed by atoms with E-state index >= 15 is 0 Å². The van der Waals surface area contributed by atoms with Gasteiger partial charge in [0.25, 0.3) is 5.91 Å². The normalized spacial score (nSPS) is 15.3. The molecule has 1 N–H and O–H groups in total. The zero-order valence-electron chi connectivity index (χ0n) is 15.1. The van der Waals surface area contributed by atoms with E-state index in [1.807, 2.05) is 36.5 Å². The quantitative estimate of drug-likeness (QED) is 0.746. The second-order valence-electron chi connectivity index (χ2n) is 6.68. The van der Waals surface area contributed by atoms with Gasteiger partial charge in [-0.25, -0.2) is 9.97 Å². The fourth-order valence-electron chi connectivity index (χ4n) is 3.18. The second kappa shape index (κ2) is 7.54. The van der Waals surface area contributed by atoms with Gasteiger partial charge in [-0.05, 0) is 30.8 Å². The van der Waals surface area contributed by atoms with Crippen LogP contribution in [0.25, 0.3) is 5.65 Å². The number of hydrogen-bond acceptors (Lipinski definition) is 5. The van der Waals surface area contributed by atoms with Crippen molar-refractivity contribution in [3.63, 3.8) is 0 Å². The third-order valence-electron chi connectivity index (χ3n) is 4.79. The molecule has 3 aromatic rings. The molecule has 0 radical (unpaired) electrons. The summed E-state index contributed by atoms with van der Waals surface area (Å²) in [4.78, 5) is 25.9. The lowest BCUT2D eigenvalue weighted by molar-refractivity contribution is 0.0945. The molecule has 1 amide bonds. The Hall–Kier alpha value is -2.64. The highest BCUT2D eigenvalue weighted by atomic mass is 35.5. The van der Waals surface area contributed by atoms with Crippen LogP contribution in [-0.4, -0.2) is 58.4 Å². The van der Waals surface area contributed by atoms with Crippen molar-refractivity contribution in [1.29, 1.82) is 0 Å². The van der Waals surface area contributed by atoms with E-state index in [1.165, 1.54) is 0 Å². The maximum atomic E-state index is 12.6.